The highest BCUT2D eigenvalue weighted by Gasteiger charge is 2.31. The van der Waals surface area contributed by atoms with Crippen LogP contribution < -0.4 is 10.1 Å². The minimum Gasteiger partial charge on any atom is -0.483 e. The van der Waals surface area contributed by atoms with Gasteiger partial charge < -0.3 is 15.0 Å². The normalized spacial score (nSPS) is 12.4. The zero-order chi connectivity index (χ0) is 25.6. The van der Waals surface area contributed by atoms with Gasteiger partial charge in [-0.25, -0.2) is 0 Å². The summed E-state index contributed by atoms with van der Waals surface area (Å²) in [5.74, 6) is 0.424. The van der Waals surface area contributed by atoms with Crippen molar-refractivity contribution in [3.05, 3.63) is 62.0 Å². The summed E-state index contributed by atoms with van der Waals surface area (Å²) >= 11 is 15.8. The Balaban J connectivity index is 2.28. The Labute approximate surface area is 221 Å². The van der Waals surface area contributed by atoms with Crippen LogP contribution in [0.1, 0.15) is 65.0 Å². The molecule has 1 atom stereocenters. The third kappa shape index (κ3) is 8.17. The van der Waals surface area contributed by atoms with Crippen LogP contribution in [0.3, 0.4) is 0 Å². The predicted octanol–water partition coefficient (Wildman–Crippen LogP) is 6.98. The average Bonchev–Trinajstić information content (AvgIpc) is 2.73. The van der Waals surface area contributed by atoms with Crippen LogP contribution in [0.2, 0.25) is 10.0 Å². The summed E-state index contributed by atoms with van der Waals surface area (Å²) in [6.07, 6.45) is 0.446. The molecule has 0 spiro atoms. The summed E-state index contributed by atoms with van der Waals surface area (Å²) < 4.78 is 6.63. The van der Waals surface area contributed by atoms with E-state index in [9.17, 15) is 9.59 Å². The number of hydrogen-bond donors (Lipinski definition) is 1. The number of carbonyl (C=O) groups is 2. The average molecular weight is 572 g/mol. The van der Waals surface area contributed by atoms with Crippen LogP contribution >= 0.6 is 39.1 Å². The standard InChI is InChI=1S/C26H33BrCl2N2O3/c1-7-22(25(33)30-26(4,5)6)31(14-17-8-10-20(28)21(29)12-17)24(32)15-34-23-11-9-18(16(2)3)13-19(23)27/h8-13,16,22H,7,14-15H2,1-6H3,(H,30,33)/t22-/m0/s1. The molecule has 2 aromatic rings. The van der Waals surface area contributed by atoms with Gasteiger partial charge in [-0.1, -0.05) is 56.1 Å². The number of benzene rings is 2. The molecule has 0 saturated carbocycles. The maximum atomic E-state index is 13.4. The molecule has 0 heterocycles. The largest absolute Gasteiger partial charge is 0.483 e. The molecule has 0 aliphatic carbocycles. The van der Waals surface area contributed by atoms with Gasteiger partial charge in [0.05, 0.1) is 14.5 Å². The van der Waals surface area contributed by atoms with Crippen molar-refractivity contribution in [2.75, 3.05) is 6.61 Å². The molecule has 2 amide bonds. The predicted molar refractivity (Wildman–Crippen MR) is 143 cm³/mol. The first-order valence-electron chi connectivity index (χ1n) is 11.3. The lowest BCUT2D eigenvalue weighted by Gasteiger charge is -2.33. The second-order valence-electron chi connectivity index (χ2n) is 9.57. The topological polar surface area (TPSA) is 58.6 Å². The Morgan fingerprint density at radius 1 is 1.09 bits per heavy atom. The highest BCUT2D eigenvalue weighted by molar-refractivity contribution is 9.10. The highest BCUT2D eigenvalue weighted by Crippen LogP contribution is 2.29. The van der Waals surface area contributed by atoms with Crippen molar-refractivity contribution in [3.63, 3.8) is 0 Å². The van der Waals surface area contributed by atoms with Gasteiger partial charge in [0.1, 0.15) is 11.8 Å². The van der Waals surface area contributed by atoms with Crippen LogP contribution in [0.15, 0.2) is 40.9 Å². The van der Waals surface area contributed by atoms with Crippen molar-refractivity contribution in [2.24, 2.45) is 0 Å². The van der Waals surface area contributed by atoms with E-state index in [0.717, 1.165) is 15.6 Å². The minimum absolute atomic E-state index is 0.197. The van der Waals surface area contributed by atoms with Gasteiger partial charge in [-0.2, -0.15) is 0 Å². The minimum atomic E-state index is -0.670. The molecule has 0 radical (unpaired) electrons. The van der Waals surface area contributed by atoms with Gasteiger partial charge in [0.15, 0.2) is 6.61 Å². The van der Waals surface area contributed by atoms with Gasteiger partial charge in [-0.15, -0.1) is 0 Å². The Morgan fingerprint density at radius 2 is 1.76 bits per heavy atom. The van der Waals surface area contributed by atoms with Gasteiger partial charge in [-0.3, -0.25) is 9.59 Å². The molecular weight excluding hydrogens is 539 g/mol. The lowest BCUT2D eigenvalue weighted by atomic mass is 10.0. The first kappa shape index (κ1) is 28.5. The van der Waals surface area contributed by atoms with Crippen molar-refractivity contribution in [2.45, 2.75) is 72.0 Å². The molecule has 0 fully saturated rings. The van der Waals surface area contributed by atoms with E-state index >= 15 is 0 Å². The van der Waals surface area contributed by atoms with Crippen LogP contribution in [0, 0.1) is 0 Å². The van der Waals surface area contributed by atoms with E-state index in [4.69, 9.17) is 27.9 Å². The molecule has 1 N–H and O–H groups in total. The fourth-order valence-corrected chi connectivity index (χ4v) is 4.25. The lowest BCUT2D eigenvalue weighted by Crippen LogP contribution is -2.54. The summed E-state index contributed by atoms with van der Waals surface area (Å²) in [4.78, 5) is 28.0. The van der Waals surface area contributed by atoms with Crippen LogP contribution in [-0.4, -0.2) is 34.9 Å². The number of halogens is 3. The van der Waals surface area contributed by atoms with Crippen LogP contribution in [0.4, 0.5) is 0 Å². The van der Waals surface area contributed by atoms with Gasteiger partial charge in [-0.05, 0) is 84.4 Å². The Hall–Kier alpha value is -1.76. The van der Waals surface area contributed by atoms with Crippen molar-refractivity contribution < 1.29 is 14.3 Å². The molecular formula is C26H33BrCl2N2O3. The van der Waals surface area contributed by atoms with Crippen molar-refractivity contribution in [1.82, 2.24) is 10.2 Å². The number of hydrogen-bond acceptors (Lipinski definition) is 3. The first-order valence-corrected chi connectivity index (χ1v) is 12.8. The smallest absolute Gasteiger partial charge is 0.261 e. The summed E-state index contributed by atoms with van der Waals surface area (Å²) in [6.45, 7) is 11.8. The summed E-state index contributed by atoms with van der Waals surface area (Å²) in [5.41, 5.74) is 1.51. The zero-order valence-electron chi connectivity index (χ0n) is 20.5. The summed E-state index contributed by atoms with van der Waals surface area (Å²) in [7, 11) is 0. The van der Waals surface area contributed by atoms with E-state index in [2.05, 4.69) is 35.1 Å². The van der Waals surface area contributed by atoms with Gasteiger partial charge in [0.25, 0.3) is 5.91 Å². The monoisotopic (exact) mass is 570 g/mol. The van der Waals surface area contributed by atoms with Crippen molar-refractivity contribution in [1.29, 1.82) is 0 Å². The van der Waals surface area contributed by atoms with Gasteiger partial charge in [0, 0.05) is 12.1 Å². The molecule has 34 heavy (non-hydrogen) atoms. The second-order valence-corrected chi connectivity index (χ2v) is 11.2. The summed E-state index contributed by atoms with van der Waals surface area (Å²) in [5, 5.41) is 3.81. The Bertz CT molecular complexity index is 1020. The fraction of sp³-hybridized carbons (Fsp3) is 0.462. The lowest BCUT2D eigenvalue weighted by molar-refractivity contribution is -0.143. The molecule has 0 aliphatic heterocycles. The maximum absolute atomic E-state index is 13.4. The number of ether oxygens (including phenoxy) is 1. The number of rotatable bonds is 9. The number of nitrogens with zero attached hydrogens (tertiary/aromatic N) is 1. The van der Waals surface area contributed by atoms with E-state index < -0.39 is 11.6 Å². The quantitative estimate of drug-likeness (QED) is 0.353. The number of carbonyl (C=O) groups excluding carboxylic acids is 2. The second kappa shape index (κ2) is 12.3. The zero-order valence-corrected chi connectivity index (χ0v) is 23.6. The third-order valence-electron chi connectivity index (χ3n) is 5.19. The fourth-order valence-electron chi connectivity index (χ4n) is 3.42. The molecule has 2 aromatic carbocycles. The molecule has 2 rings (SSSR count). The first-order chi connectivity index (χ1) is 15.8. The Morgan fingerprint density at radius 3 is 2.29 bits per heavy atom. The third-order valence-corrected chi connectivity index (χ3v) is 6.55. The number of nitrogens with one attached hydrogen (secondary N) is 1. The molecule has 8 heteroatoms. The van der Waals surface area contributed by atoms with Crippen molar-refractivity contribution in [3.8, 4) is 5.75 Å². The van der Waals surface area contributed by atoms with Crippen LogP contribution in [0.25, 0.3) is 0 Å². The molecule has 0 bridgehead atoms. The molecule has 0 aromatic heterocycles. The molecule has 0 saturated heterocycles. The molecule has 0 unspecified atom stereocenters. The van der Waals surface area contributed by atoms with E-state index in [-0.39, 0.29) is 25.0 Å². The van der Waals surface area contributed by atoms with E-state index in [1.165, 1.54) is 4.90 Å². The Kier molecular flexibility index (Phi) is 10.3. The summed E-state index contributed by atoms with van der Waals surface area (Å²) in [6, 6.07) is 10.3. The van der Waals surface area contributed by atoms with Gasteiger partial charge >= 0.3 is 0 Å². The highest BCUT2D eigenvalue weighted by atomic mass is 79.9. The maximum Gasteiger partial charge on any atom is 0.261 e. The van der Waals surface area contributed by atoms with Crippen LogP contribution in [0.5, 0.6) is 5.75 Å². The SMILES string of the molecule is CC[C@@H](C(=O)NC(C)(C)C)N(Cc1ccc(Cl)c(Cl)c1)C(=O)COc1ccc(C(C)C)cc1Br. The molecule has 186 valence electrons. The molecule has 5 nitrogen and oxygen atoms in total. The van der Waals surface area contributed by atoms with Crippen LogP contribution in [-0.2, 0) is 16.1 Å². The van der Waals surface area contributed by atoms with Crippen molar-refractivity contribution >= 4 is 50.9 Å². The molecule has 0 aliphatic rings. The van der Waals surface area contributed by atoms with E-state index in [1.54, 1.807) is 18.2 Å². The van der Waals surface area contributed by atoms with E-state index in [0.29, 0.717) is 28.1 Å². The van der Waals surface area contributed by atoms with E-state index in [1.807, 2.05) is 45.9 Å². The number of amides is 2. The van der Waals surface area contributed by atoms with Gasteiger partial charge in [0.2, 0.25) is 5.91 Å².